The predicted molar refractivity (Wildman–Crippen MR) is 97.5 cm³/mol. The predicted octanol–water partition coefficient (Wildman–Crippen LogP) is 3.56. The Kier molecular flexibility index (Phi) is 5.41. The maximum atomic E-state index is 12.4. The van der Waals surface area contributed by atoms with E-state index in [4.69, 9.17) is 0 Å². The number of hydrogen-bond donors (Lipinski definition) is 3. The monoisotopic (exact) mass is 342 g/mol. The smallest absolute Gasteiger partial charge is 0.308 e. The highest BCUT2D eigenvalue weighted by Gasteiger charge is 2.30. The minimum Gasteiger partial charge on any atom is -0.481 e. The van der Waals surface area contributed by atoms with Crippen LogP contribution in [0.15, 0.2) is 24.4 Å². The highest BCUT2D eigenvalue weighted by molar-refractivity contribution is 5.86. The molecule has 2 atom stereocenters. The number of aromatic amines is 1. The van der Waals surface area contributed by atoms with E-state index in [0.29, 0.717) is 19.3 Å². The summed E-state index contributed by atoms with van der Waals surface area (Å²) in [5.41, 5.74) is 3.44. The maximum Gasteiger partial charge on any atom is 0.308 e. The Labute approximate surface area is 147 Å². The van der Waals surface area contributed by atoms with Gasteiger partial charge in [-0.2, -0.15) is 0 Å². The Bertz CT molecular complexity index is 765. The normalized spacial score (nSPS) is 21.0. The third kappa shape index (κ3) is 4.03. The average molecular weight is 342 g/mol. The van der Waals surface area contributed by atoms with Gasteiger partial charge in [-0.05, 0) is 37.3 Å². The standard InChI is InChI=1S/C20H26N2O3/c1-13-6-5-8-15-14(12-21-19(13)15)10-11-18(23)22-17-9-4-2-3-7-16(17)20(24)25/h5-6,8,12,16-17,21H,2-4,7,9-11H2,1H3,(H,22,23)(H,24,25)/t16-,17+/m1/s1. The van der Waals surface area contributed by atoms with Gasteiger partial charge < -0.3 is 15.4 Å². The molecule has 0 unspecified atom stereocenters. The van der Waals surface area contributed by atoms with Gasteiger partial charge in [-0.15, -0.1) is 0 Å². The number of benzene rings is 1. The second-order valence-corrected chi connectivity index (χ2v) is 7.07. The van der Waals surface area contributed by atoms with Crippen molar-refractivity contribution in [3.05, 3.63) is 35.5 Å². The van der Waals surface area contributed by atoms with E-state index in [1.54, 1.807) is 0 Å². The fourth-order valence-corrected chi connectivity index (χ4v) is 3.87. The number of fused-ring (bicyclic) bond motifs is 1. The molecule has 1 aromatic heterocycles. The highest BCUT2D eigenvalue weighted by Crippen LogP contribution is 2.25. The molecule has 0 spiro atoms. The first kappa shape index (κ1) is 17.5. The van der Waals surface area contributed by atoms with E-state index < -0.39 is 11.9 Å². The van der Waals surface area contributed by atoms with Gasteiger partial charge in [0.2, 0.25) is 5.91 Å². The minimum atomic E-state index is -0.792. The average Bonchev–Trinajstić information content (AvgIpc) is 2.85. The van der Waals surface area contributed by atoms with Gasteiger partial charge in [0, 0.05) is 29.6 Å². The third-order valence-corrected chi connectivity index (χ3v) is 5.31. The Morgan fingerprint density at radius 2 is 2.04 bits per heavy atom. The summed E-state index contributed by atoms with van der Waals surface area (Å²) in [5, 5.41) is 13.6. The number of H-pyrrole nitrogens is 1. The summed E-state index contributed by atoms with van der Waals surface area (Å²) in [7, 11) is 0. The van der Waals surface area contributed by atoms with Crippen molar-refractivity contribution >= 4 is 22.8 Å². The molecular formula is C20H26N2O3. The Morgan fingerprint density at radius 3 is 2.84 bits per heavy atom. The molecule has 1 aliphatic rings. The van der Waals surface area contributed by atoms with Gasteiger partial charge in [0.25, 0.3) is 0 Å². The van der Waals surface area contributed by atoms with Crippen LogP contribution in [0.3, 0.4) is 0 Å². The summed E-state index contributed by atoms with van der Waals surface area (Å²) in [6, 6.07) is 5.92. The van der Waals surface area contributed by atoms with Crippen LogP contribution >= 0.6 is 0 Å². The first-order chi connectivity index (χ1) is 12.1. The van der Waals surface area contributed by atoms with Crippen molar-refractivity contribution in [1.29, 1.82) is 0 Å². The summed E-state index contributed by atoms with van der Waals surface area (Å²) in [5.74, 6) is -1.30. The van der Waals surface area contributed by atoms with Crippen LogP contribution in [-0.2, 0) is 16.0 Å². The molecule has 1 saturated carbocycles. The number of carbonyl (C=O) groups is 2. The van der Waals surface area contributed by atoms with Gasteiger partial charge in [-0.25, -0.2) is 0 Å². The molecule has 1 aliphatic carbocycles. The summed E-state index contributed by atoms with van der Waals surface area (Å²) in [4.78, 5) is 27.1. The van der Waals surface area contributed by atoms with Crippen molar-refractivity contribution in [2.24, 2.45) is 5.92 Å². The molecule has 0 saturated heterocycles. The molecule has 0 aliphatic heterocycles. The molecule has 2 aromatic rings. The lowest BCUT2D eigenvalue weighted by atomic mass is 9.94. The fourth-order valence-electron chi connectivity index (χ4n) is 3.87. The van der Waals surface area contributed by atoms with Crippen LogP contribution < -0.4 is 5.32 Å². The quantitative estimate of drug-likeness (QED) is 0.727. The van der Waals surface area contributed by atoms with Gasteiger partial charge in [-0.1, -0.05) is 37.5 Å². The lowest BCUT2D eigenvalue weighted by molar-refractivity contribution is -0.143. The number of nitrogens with one attached hydrogen (secondary N) is 2. The van der Waals surface area contributed by atoms with Crippen LogP contribution in [0.5, 0.6) is 0 Å². The van der Waals surface area contributed by atoms with Crippen LogP contribution in [-0.4, -0.2) is 28.0 Å². The topological polar surface area (TPSA) is 82.2 Å². The number of hydrogen-bond acceptors (Lipinski definition) is 2. The largest absolute Gasteiger partial charge is 0.481 e. The second-order valence-electron chi connectivity index (χ2n) is 7.07. The number of carboxylic acid groups (broad SMARTS) is 1. The van der Waals surface area contributed by atoms with Gasteiger partial charge in [0.05, 0.1) is 5.92 Å². The Balaban J connectivity index is 1.61. The lowest BCUT2D eigenvalue weighted by Gasteiger charge is -2.22. The molecule has 5 heteroatoms. The summed E-state index contributed by atoms with van der Waals surface area (Å²) < 4.78 is 0. The van der Waals surface area contributed by atoms with E-state index in [-0.39, 0.29) is 11.9 Å². The molecule has 0 bridgehead atoms. The third-order valence-electron chi connectivity index (χ3n) is 5.31. The van der Waals surface area contributed by atoms with Gasteiger partial charge in [0.1, 0.15) is 0 Å². The van der Waals surface area contributed by atoms with Gasteiger partial charge >= 0.3 is 5.97 Å². The zero-order valence-corrected chi connectivity index (χ0v) is 14.7. The van der Waals surface area contributed by atoms with Gasteiger partial charge in [-0.3, -0.25) is 9.59 Å². The number of aliphatic carboxylic acids is 1. The zero-order valence-electron chi connectivity index (χ0n) is 14.7. The molecule has 3 rings (SSSR count). The molecule has 3 N–H and O–H groups in total. The van der Waals surface area contributed by atoms with Crippen molar-refractivity contribution < 1.29 is 14.7 Å². The first-order valence-electron chi connectivity index (χ1n) is 9.14. The number of para-hydroxylation sites is 1. The Morgan fingerprint density at radius 1 is 1.24 bits per heavy atom. The van der Waals surface area contributed by atoms with Crippen molar-refractivity contribution in [3.63, 3.8) is 0 Å². The molecule has 1 aromatic carbocycles. The molecule has 1 heterocycles. The van der Waals surface area contributed by atoms with E-state index in [1.165, 1.54) is 5.56 Å². The van der Waals surface area contributed by atoms with Crippen molar-refractivity contribution in [3.8, 4) is 0 Å². The second kappa shape index (κ2) is 7.72. The lowest BCUT2D eigenvalue weighted by Crippen LogP contribution is -2.42. The van der Waals surface area contributed by atoms with Crippen LogP contribution in [0, 0.1) is 12.8 Å². The number of carboxylic acids is 1. The van der Waals surface area contributed by atoms with E-state index >= 15 is 0 Å². The van der Waals surface area contributed by atoms with E-state index in [2.05, 4.69) is 29.4 Å². The first-order valence-corrected chi connectivity index (χ1v) is 9.14. The number of aromatic nitrogens is 1. The minimum absolute atomic E-state index is 0.0554. The molecule has 1 amide bonds. The van der Waals surface area contributed by atoms with Crippen molar-refractivity contribution in [2.75, 3.05) is 0 Å². The summed E-state index contributed by atoms with van der Waals surface area (Å²) in [6.07, 6.45) is 7.37. The number of carbonyl (C=O) groups excluding carboxylic acids is 1. The van der Waals surface area contributed by atoms with Gasteiger partial charge in [0.15, 0.2) is 0 Å². The molecular weight excluding hydrogens is 316 g/mol. The molecule has 134 valence electrons. The summed E-state index contributed by atoms with van der Waals surface area (Å²) in [6.45, 7) is 2.06. The summed E-state index contributed by atoms with van der Waals surface area (Å²) >= 11 is 0. The SMILES string of the molecule is Cc1cccc2c(CCC(=O)N[C@H]3CCCCC[C@H]3C(=O)O)c[nH]c12. The van der Waals surface area contributed by atoms with E-state index in [1.807, 2.05) is 12.3 Å². The van der Waals surface area contributed by atoms with Crippen LogP contribution in [0.4, 0.5) is 0 Å². The van der Waals surface area contributed by atoms with E-state index in [9.17, 15) is 14.7 Å². The van der Waals surface area contributed by atoms with Crippen LogP contribution in [0.25, 0.3) is 10.9 Å². The van der Waals surface area contributed by atoms with Crippen molar-refractivity contribution in [2.45, 2.75) is 57.9 Å². The number of aryl methyl sites for hydroxylation is 2. The highest BCUT2D eigenvalue weighted by atomic mass is 16.4. The van der Waals surface area contributed by atoms with E-state index in [0.717, 1.165) is 42.1 Å². The maximum absolute atomic E-state index is 12.4. The number of amides is 1. The molecule has 0 radical (unpaired) electrons. The van der Waals surface area contributed by atoms with Crippen LogP contribution in [0.2, 0.25) is 0 Å². The zero-order chi connectivity index (χ0) is 17.8. The molecule has 5 nitrogen and oxygen atoms in total. The molecule has 25 heavy (non-hydrogen) atoms. The fraction of sp³-hybridized carbons (Fsp3) is 0.500. The number of rotatable bonds is 5. The van der Waals surface area contributed by atoms with Crippen LogP contribution in [0.1, 0.15) is 49.7 Å². The van der Waals surface area contributed by atoms with Crippen molar-refractivity contribution in [1.82, 2.24) is 10.3 Å². The molecule has 1 fully saturated rings. The Hall–Kier alpha value is -2.30.